The molecule has 1 saturated heterocycles. The topological polar surface area (TPSA) is 38.5 Å². The van der Waals surface area contributed by atoms with Crippen LogP contribution in [0.1, 0.15) is 24.9 Å². The highest BCUT2D eigenvalue weighted by Crippen LogP contribution is 2.24. The van der Waals surface area contributed by atoms with Crippen LogP contribution in [0, 0.1) is 0 Å². The van der Waals surface area contributed by atoms with Gasteiger partial charge in [-0.05, 0) is 18.9 Å². The zero-order valence-electron chi connectivity index (χ0n) is 10.5. The maximum absolute atomic E-state index is 6.17. The highest BCUT2D eigenvalue weighted by Gasteiger charge is 2.24. The van der Waals surface area contributed by atoms with Crippen molar-refractivity contribution in [1.29, 1.82) is 0 Å². The number of hydrogen-bond acceptors (Lipinski definition) is 3. The van der Waals surface area contributed by atoms with Crippen LogP contribution in [0.2, 0.25) is 0 Å². The van der Waals surface area contributed by atoms with Crippen LogP contribution in [-0.4, -0.2) is 37.2 Å². The van der Waals surface area contributed by atoms with Crippen LogP contribution in [0.4, 0.5) is 0 Å². The first-order valence-corrected chi connectivity index (χ1v) is 6.41. The van der Waals surface area contributed by atoms with E-state index in [4.69, 9.17) is 10.5 Å². The van der Waals surface area contributed by atoms with Gasteiger partial charge in [-0.1, -0.05) is 30.3 Å². The molecule has 3 heteroatoms. The molecule has 0 spiro atoms. The van der Waals surface area contributed by atoms with Crippen molar-refractivity contribution in [2.75, 3.05) is 26.3 Å². The summed E-state index contributed by atoms with van der Waals surface area (Å²) in [5.74, 6) is 0. The number of nitrogens with two attached hydrogens (primary N) is 1. The van der Waals surface area contributed by atoms with Gasteiger partial charge >= 0.3 is 0 Å². The third-order valence-corrected chi connectivity index (χ3v) is 3.29. The molecule has 1 aromatic carbocycles. The zero-order valence-corrected chi connectivity index (χ0v) is 10.5. The summed E-state index contributed by atoms with van der Waals surface area (Å²) in [7, 11) is 0. The second-order valence-corrected chi connectivity index (χ2v) is 4.72. The Balaban J connectivity index is 2.16. The lowest BCUT2D eigenvalue weighted by atomic mass is 9.99. The maximum Gasteiger partial charge on any atom is 0.0593 e. The standard InChI is InChI=1S/C14H22N2O/c1-12(15)14(13-6-3-2-4-7-13)16-8-5-10-17-11-9-16/h2-4,6-7,12,14H,5,8-11,15H2,1H3. The zero-order chi connectivity index (χ0) is 12.1. The Labute approximate surface area is 104 Å². The average Bonchev–Trinajstić information content (AvgIpc) is 2.59. The fourth-order valence-electron chi connectivity index (χ4n) is 2.54. The second kappa shape index (κ2) is 6.15. The molecule has 1 aliphatic rings. The molecule has 1 heterocycles. The van der Waals surface area contributed by atoms with Crippen LogP contribution in [0.15, 0.2) is 30.3 Å². The van der Waals surface area contributed by atoms with E-state index >= 15 is 0 Å². The van der Waals surface area contributed by atoms with Gasteiger partial charge in [0.2, 0.25) is 0 Å². The van der Waals surface area contributed by atoms with Crippen molar-refractivity contribution >= 4 is 0 Å². The molecule has 1 aromatic rings. The van der Waals surface area contributed by atoms with Crippen molar-refractivity contribution in [1.82, 2.24) is 4.90 Å². The van der Waals surface area contributed by atoms with Crippen LogP contribution in [0.25, 0.3) is 0 Å². The van der Waals surface area contributed by atoms with E-state index in [0.717, 1.165) is 32.7 Å². The van der Waals surface area contributed by atoms with Crippen molar-refractivity contribution in [3.63, 3.8) is 0 Å². The average molecular weight is 234 g/mol. The van der Waals surface area contributed by atoms with E-state index in [1.165, 1.54) is 5.56 Å². The Bertz CT molecular complexity index is 318. The van der Waals surface area contributed by atoms with Crippen LogP contribution >= 0.6 is 0 Å². The molecule has 0 aromatic heterocycles. The minimum Gasteiger partial charge on any atom is -0.380 e. The van der Waals surface area contributed by atoms with E-state index in [-0.39, 0.29) is 6.04 Å². The molecular formula is C14H22N2O. The normalized spacial score (nSPS) is 21.8. The first-order chi connectivity index (χ1) is 8.29. The Morgan fingerprint density at radius 1 is 1.18 bits per heavy atom. The van der Waals surface area contributed by atoms with Gasteiger partial charge in [-0.25, -0.2) is 0 Å². The summed E-state index contributed by atoms with van der Waals surface area (Å²) in [6.45, 7) is 5.82. The van der Waals surface area contributed by atoms with E-state index in [1.54, 1.807) is 0 Å². The molecule has 3 nitrogen and oxygen atoms in total. The van der Waals surface area contributed by atoms with Gasteiger partial charge in [0.05, 0.1) is 6.61 Å². The predicted molar refractivity (Wildman–Crippen MR) is 69.8 cm³/mol. The Morgan fingerprint density at radius 3 is 2.65 bits per heavy atom. The van der Waals surface area contributed by atoms with E-state index in [0.29, 0.717) is 6.04 Å². The van der Waals surface area contributed by atoms with Crippen molar-refractivity contribution in [3.05, 3.63) is 35.9 Å². The highest BCUT2D eigenvalue weighted by molar-refractivity contribution is 5.20. The van der Waals surface area contributed by atoms with Gasteiger partial charge in [-0.2, -0.15) is 0 Å². The monoisotopic (exact) mass is 234 g/mol. The molecule has 2 rings (SSSR count). The van der Waals surface area contributed by atoms with E-state index < -0.39 is 0 Å². The minimum absolute atomic E-state index is 0.135. The van der Waals surface area contributed by atoms with Gasteiger partial charge in [0.25, 0.3) is 0 Å². The smallest absolute Gasteiger partial charge is 0.0593 e. The predicted octanol–water partition coefficient (Wildman–Crippen LogP) is 1.80. The molecule has 94 valence electrons. The summed E-state index contributed by atoms with van der Waals surface area (Å²) in [6, 6.07) is 11.0. The van der Waals surface area contributed by atoms with Gasteiger partial charge in [-0.15, -0.1) is 0 Å². The molecule has 0 amide bonds. The number of ether oxygens (including phenoxy) is 1. The van der Waals surface area contributed by atoms with E-state index in [2.05, 4.69) is 36.1 Å². The fourth-order valence-corrected chi connectivity index (χ4v) is 2.54. The summed E-state index contributed by atoms with van der Waals surface area (Å²) in [6.07, 6.45) is 1.09. The third kappa shape index (κ3) is 3.28. The Morgan fingerprint density at radius 2 is 1.94 bits per heavy atom. The lowest BCUT2D eigenvalue weighted by Gasteiger charge is -2.33. The molecule has 0 aliphatic carbocycles. The summed E-state index contributed by atoms with van der Waals surface area (Å²) < 4.78 is 5.51. The Kier molecular flexibility index (Phi) is 4.54. The fraction of sp³-hybridized carbons (Fsp3) is 0.571. The van der Waals surface area contributed by atoms with Gasteiger partial charge in [0.1, 0.15) is 0 Å². The van der Waals surface area contributed by atoms with Gasteiger partial charge in [-0.3, -0.25) is 4.90 Å². The van der Waals surface area contributed by atoms with Crippen molar-refractivity contribution in [2.24, 2.45) is 5.73 Å². The van der Waals surface area contributed by atoms with Gasteiger partial charge in [0, 0.05) is 31.8 Å². The molecule has 0 bridgehead atoms. The molecule has 1 aliphatic heterocycles. The van der Waals surface area contributed by atoms with Crippen LogP contribution < -0.4 is 5.73 Å². The van der Waals surface area contributed by atoms with Gasteiger partial charge < -0.3 is 10.5 Å². The molecule has 2 unspecified atom stereocenters. The number of nitrogens with zero attached hydrogens (tertiary/aromatic N) is 1. The number of rotatable bonds is 3. The third-order valence-electron chi connectivity index (χ3n) is 3.29. The summed E-state index contributed by atoms with van der Waals surface area (Å²) in [5, 5.41) is 0. The molecular weight excluding hydrogens is 212 g/mol. The van der Waals surface area contributed by atoms with E-state index in [1.807, 2.05) is 6.07 Å². The van der Waals surface area contributed by atoms with Crippen molar-refractivity contribution in [2.45, 2.75) is 25.4 Å². The largest absolute Gasteiger partial charge is 0.380 e. The first kappa shape index (κ1) is 12.6. The SMILES string of the molecule is CC(N)C(c1ccccc1)N1CCCOCC1. The summed E-state index contributed by atoms with van der Waals surface area (Å²) >= 11 is 0. The molecule has 0 radical (unpaired) electrons. The van der Waals surface area contributed by atoms with Gasteiger partial charge in [0.15, 0.2) is 0 Å². The second-order valence-electron chi connectivity index (χ2n) is 4.72. The first-order valence-electron chi connectivity index (χ1n) is 6.41. The van der Waals surface area contributed by atoms with Crippen molar-refractivity contribution < 1.29 is 4.74 Å². The van der Waals surface area contributed by atoms with Crippen molar-refractivity contribution in [3.8, 4) is 0 Å². The molecule has 0 saturated carbocycles. The molecule has 2 N–H and O–H groups in total. The molecule has 2 atom stereocenters. The Hall–Kier alpha value is -0.900. The molecule has 1 fully saturated rings. The van der Waals surface area contributed by atoms with Crippen LogP contribution in [0.5, 0.6) is 0 Å². The minimum atomic E-state index is 0.135. The highest BCUT2D eigenvalue weighted by atomic mass is 16.5. The summed E-state index contributed by atoms with van der Waals surface area (Å²) in [4.78, 5) is 2.45. The lowest BCUT2D eigenvalue weighted by molar-refractivity contribution is 0.127. The van der Waals surface area contributed by atoms with E-state index in [9.17, 15) is 0 Å². The van der Waals surface area contributed by atoms with Crippen LogP contribution in [0.3, 0.4) is 0 Å². The molecule has 17 heavy (non-hydrogen) atoms. The maximum atomic E-state index is 6.17. The lowest BCUT2D eigenvalue weighted by Crippen LogP contribution is -2.40. The number of hydrogen-bond donors (Lipinski definition) is 1. The van der Waals surface area contributed by atoms with Crippen LogP contribution in [-0.2, 0) is 4.74 Å². The summed E-state index contributed by atoms with van der Waals surface area (Å²) in [5.41, 5.74) is 7.48. The quantitative estimate of drug-likeness (QED) is 0.866. The number of benzene rings is 1.